The molecule has 2 aromatic rings. The molecule has 1 heterocycles. The van der Waals surface area contributed by atoms with Gasteiger partial charge in [-0.3, -0.25) is 0 Å². The summed E-state index contributed by atoms with van der Waals surface area (Å²) in [4.78, 5) is 23.9. The highest BCUT2D eigenvalue weighted by Gasteiger charge is 2.50. The molecule has 1 fully saturated rings. The van der Waals surface area contributed by atoms with Gasteiger partial charge in [-0.1, -0.05) is 52.4 Å². The predicted molar refractivity (Wildman–Crippen MR) is 88.0 cm³/mol. The van der Waals surface area contributed by atoms with Gasteiger partial charge in [0.25, 0.3) is 0 Å². The van der Waals surface area contributed by atoms with Crippen molar-refractivity contribution >= 4 is 22.5 Å². The van der Waals surface area contributed by atoms with Crippen molar-refractivity contribution < 1.29 is 31.4 Å². The molecule has 0 saturated carbocycles. The summed E-state index contributed by atoms with van der Waals surface area (Å²) in [5.41, 5.74) is 0.614. The highest BCUT2D eigenvalue weighted by Crippen LogP contribution is 2.36. The van der Waals surface area contributed by atoms with E-state index in [-0.39, 0.29) is 9.87 Å². The van der Waals surface area contributed by atoms with E-state index in [0.717, 1.165) is 0 Å². The molecule has 3 rings (SSSR count). The summed E-state index contributed by atoms with van der Waals surface area (Å²) in [6.45, 7) is -0.426. The number of hydrogen-bond acceptors (Lipinski definition) is 6. The normalized spacial score (nSPS) is 19.9. The van der Waals surface area contributed by atoms with Gasteiger partial charge in [-0.05, 0) is 17.7 Å². The van der Waals surface area contributed by atoms with Gasteiger partial charge >= 0.3 is 22.5 Å². The molecule has 7 nitrogen and oxygen atoms in total. The molecule has 1 aliphatic heterocycles. The highest BCUT2D eigenvalue weighted by atomic mass is 32.3. The first-order valence-corrected chi connectivity index (χ1v) is 8.93. The lowest BCUT2D eigenvalue weighted by molar-refractivity contribution is 0.0248. The van der Waals surface area contributed by atoms with Crippen molar-refractivity contribution in [3.8, 4) is 0 Å². The molecule has 1 saturated heterocycles. The van der Waals surface area contributed by atoms with Gasteiger partial charge in [0.1, 0.15) is 12.6 Å². The van der Waals surface area contributed by atoms with Gasteiger partial charge in [-0.2, -0.15) is 12.7 Å². The van der Waals surface area contributed by atoms with Crippen LogP contribution in [0.2, 0.25) is 0 Å². The van der Waals surface area contributed by atoms with E-state index in [1.165, 1.54) is 24.3 Å². The Hall–Kier alpha value is -2.94. The van der Waals surface area contributed by atoms with Crippen molar-refractivity contribution in [2.75, 3.05) is 6.61 Å². The molecule has 0 bridgehead atoms. The van der Waals surface area contributed by atoms with E-state index in [0.29, 0.717) is 5.56 Å². The maximum Gasteiger partial charge on any atom is 0.426 e. The molecule has 0 aromatic heterocycles. The molecule has 1 aliphatic rings. The summed E-state index contributed by atoms with van der Waals surface area (Å²) in [5.74, 6) is -0.671. The highest BCUT2D eigenvalue weighted by molar-refractivity contribution is 7.84. The molecule has 136 valence electrons. The van der Waals surface area contributed by atoms with Crippen molar-refractivity contribution in [1.29, 1.82) is 0 Å². The first-order chi connectivity index (χ1) is 12.4. The summed E-state index contributed by atoms with van der Waals surface area (Å²) >= 11 is 0. The zero-order valence-electron chi connectivity index (χ0n) is 13.3. The topological polar surface area (TPSA) is 90.0 Å². The van der Waals surface area contributed by atoms with Crippen LogP contribution >= 0.6 is 0 Å². The second-order valence-electron chi connectivity index (χ2n) is 5.48. The van der Waals surface area contributed by atoms with Crippen LogP contribution in [-0.4, -0.2) is 37.5 Å². The Balaban J connectivity index is 1.83. The lowest BCUT2D eigenvalue weighted by atomic mass is 10.0. The van der Waals surface area contributed by atoms with E-state index in [2.05, 4.69) is 0 Å². The van der Waals surface area contributed by atoms with E-state index in [1.807, 2.05) is 0 Å². The van der Waals surface area contributed by atoms with Crippen LogP contribution < -0.4 is 0 Å². The summed E-state index contributed by atoms with van der Waals surface area (Å²) in [6, 6.07) is 14.8. The van der Waals surface area contributed by atoms with Crippen LogP contribution in [0.3, 0.4) is 0 Å². The second kappa shape index (κ2) is 7.12. The van der Waals surface area contributed by atoms with Crippen LogP contribution in [0.4, 0.5) is 8.68 Å². The lowest BCUT2D eigenvalue weighted by Gasteiger charge is -2.21. The van der Waals surface area contributed by atoms with Crippen LogP contribution in [-0.2, 0) is 19.9 Å². The largest absolute Gasteiger partial charge is 0.458 e. The van der Waals surface area contributed by atoms with Crippen molar-refractivity contribution in [3.63, 3.8) is 0 Å². The van der Waals surface area contributed by atoms with Crippen LogP contribution in [0.5, 0.6) is 0 Å². The average molecular weight is 379 g/mol. The smallest absolute Gasteiger partial charge is 0.426 e. The number of carbonyl (C=O) groups excluding carboxylic acids is 2. The summed E-state index contributed by atoms with van der Waals surface area (Å²) in [5, 5.41) is 0. The number of benzene rings is 2. The van der Waals surface area contributed by atoms with Crippen molar-refractivity contribution in [2.24, 2.45) is 0 Å². The van der Waals surface area contributed by atoms with E-state index in [1.54, 1.807) is 36.4 Å². The number of rotatable bonds is 5. The fraction of sp³-hybridized carbons (Fsp3) is 0.176. The van der Waals surface area contributed by atoms with E-state index in [9.17, 15) is 21.9 Å². The van der Waals surface area contributed by atoms with Gasteiger partial charge < -0.3 is 9.47 Å². The average Bonchev–Trinajstić information content (AvgIpc) is 2.97. The van der Waals surface area contributed by atoms with Gasteiger partial charge in [0.15, 0.2) is 6.10 Å². The van der Waals surface area contributed by atoms with Crippen molar-refractivity contribution in [1.82, 2.24) is 4.31 Å². The number of carbonyl (C=O) groups is 2. The number of amides is 1. The molecule has 0 N–H and O–H groups in total. The molecule has 26 heavy (non-hydrogen) atoms. The second-order valence-corrected chi connectivity index (χ2v) is 6.70. The summed E-state index contributed by atoms with van der Waals surface area (Å²) in [6.07, 6.45) is -2.54. The lowest BCUT2D eigenvalue weighted by Crippen LogP contribution is -2.34. The maximum absolute atomic E-state index is 13.6. The van der Waals surface area contributed by atoms with Crippen molar-refractivity contribution in [2.45, 2.75) is 12.1 Å². The number of halogens is 1. The molecule has 0 aliphatic carbocycles. The first kappa shape index (κ1) is 17.9. The third-order valence-electron chi connectivity index (χ3n) is 3.80. The molecular formula is C17H14FNO6S. The Bertz CT molecular complexity index is 903. The van der Waals surface area contributed by atoms with Crippen molar-refractivity contribution in [3.05, 3.63) is 71.8 Å². The van der Waals surface area contributed by atoms with Crippen LogP contribution in [0.25, 0.3) is 0 Å². The number of cyclic esters (lactones) is 1. The maximum atomic E-state index is 13.6. The van der Waals surface area contributed by atoms with E-state index < -0.39 is 41.2 Å². The zero-order chi connectivity index (χ0) is 18.7. The number of ether oxygens (including phenoxy) is 2. The molecule has 1 amide bonds. The molecule has 0 unspecified atom stereocenters. The van der Waals surface area contributed by atoms with Crippen LogP contribution in [0.1, 0.15) is 22.0 Å². The Labute approximate surface area is 149 Å². The Morgan fingerprint density at radius 3 is 2.23 bits per heavy atom. The van der Waals surface area contributed by atoms with Gasteiger partial charge in [0, 0.05) is 0 Å². The number of esters is 1. The summed E-state index contributed by atoms with van der Waals surface area (Å²) < 4.78 is 46.4. The third-order valence-corrected chi connectivity index (χ3v) is 4.65. The standard InChI is InChI=1S/C17H14FNO6S/c18-26(22,23)19-15(12-7-3-1-4-8-12)14(25-17(19)21)11-24-16(20)13-9-5-2-6-10-13/h1-10,14-15H,11H2/t14-,15-/m0/s1. The monoisotopic (exact) mass is 379 g/mol. The molecule has 2 aromatic carbocycles. The predicted octanol–water partition coefficient (Wildman–Crippen LogP) is 2.62. The van der Waals surface area contributed by atoms with E-state index >= 15 is 0 Å². The minimum absolute atomic E-state index is 0.0172. The molecule has 0 radical (unpaired) electrons. The summed E-state index contributed by atoms with van der Waals surface area (Å²) in [7, 11) is -5.35. The Morgan fingerprint density at radius 2 is 1.65 bits per heavy atom. The van der Waals surface area contributed by atoms with Gasteiger partial charge in [-0.15, -0.1) is 0 Å². The molecule has 9 heteroatoms. The SMILES string of the molecule is O=C(OC[C@@H]1OC(=O)N(S(=O)(=O)F)[C@H]1c1ccccc1)c1ccccc1. The van der Waals surface area contributed by atoms with Crippen LogP contribution in [0.15, 0.2) is 60.7 Å². The van der Waals surface area contributed by atoms with Gasteiger partial charge in [0.2, 0.25) is 0 Å². The molecular weight excluding hydrogens is 365 g/mol. The minimum Gasteiger partial charge on any atom is -0.458 e. The number of hydrogen-bond donors (Lipinski definition) is 0. The fourth-order valence-electron chi connectivity index (χ4n) is 2.68. The van der Waals surface area contributed by atoms with E-state index in [4.69, 9.17) is 9.47 Å². The minimum atomic E-state index is -5.35. The number of nitrogens with zero attached hydrogens (tertiary/aromatic N) is 1. The molecule has 0 spiro atoms. The quantitative estimate of drug-likeness (QED) is 0.586. The van der Waals surface area contributed by atoms with Crippen LogP contribution in [0, 0.1) is 0 Å². The first-order valence-electron chi connectivity index (χ1n) is 7.59. The Morgan fingerprint density at radius 1 is 1.08 bits per heavy atom. The van der Waals surface area contributed by atoms with Gasteiger partial charge in [0.05, 0.1) is 5.56 Å². The zero-order valence-corrected chi connectivity index (χ0v) is 14.1. The molecule has 2 atom stereocenters. The fourth-order valence-corrected chi connectivity index (χ4v) is 3.43. The van der Waals surface area contributed by atoms with Gasteiger partial charge in [-0.25, -0.2) is 9.59 Å². The third kappa shape index (κ3) is 3.67. The Kier molecular flexibility index (Phi) is 4.90.